The van der Waals surface area contributed by atoms with Gasteiger partial charge >= 0.3 is 0 Å². The Hall–Kier alpha value is -1.80. The number of aromatic hydroxyl groups is 1. The Morgan fingerprint density at radius 2 is 1.67 bits per heavy atom. The van der Waals surface area contributed by atoms with E-state index < -0.39 is 0 Å². The number of nitrogens with two attached hydrogens (primary N) is 1. The molecule has 0 fully saturated rings. The second-order valence-electron chi connectivity index (χ2n) is 3.34. The van der Waals surface area contributed by atoms with Crippen LogP contribution >= 0.6 is 0 Å². The topological polar surface area (TPSA) is 36.8 Å². The molecule has 0 radical (unpaired) electrons. The van der Waals surface area contributed by atoms with E-state index in [9.17, 15) is 5.11 Å². The summed E-state index contributed by atoms with van der Waals surface area (Å²) in [6.07, 6.45) is 0. The lowest BCUT2D eigenvalue weighted by atomic mass is 10.0. The summed E-state index contributed by atoms with van der Waals surface area (Å²) >= 11 is 0. The van der Waals surface area contributed by atoms with Gasteiger partial charge in [-0.1, -0.05) is 36.4 Å². The van der Waals surface area contributed by atoms with E-state index in [0.717, 1.165) is 16.8 Å². The molecule has 76 valence electrons. The second kappa shape index (κ2) is 4.15. The van der Waals surface area contributed by atoms with Gasteiger partial charge in [0.2, 0.25) is 0 Å². The van der Waals surface area contributed by atoms with Gasteiger partial charge in [0.05, 0.1) is 0 Å². The lowest BCUT2D eigenvalue weighted by Gasteiger charge is -2.06. The number of phenols is 1. The van der Waals surface area contributed by atoms with E-state index in [2.05, 4.69) is 7.05 Å². The molecule has 2 aromatic carbocycles. The number of rotatable bonds is 2. The standard InChI is InChI=1S/C13H13NO/c1-14-12-9-11(7-8-13(12)15)10-5-3-2-4-6-10/h2-9,15H,1,14H2. The van der Waals surface area contributed by atoms with Crippen molar-refractivity contribution < 1.29 is 10.4 Å². The Labute approximate surface area is 89.2 Å². The van der Waals surface area contributed by atoms with Crippen LogP contribution in [-0.4, -0.2) is 5.11 Å². The van der Waals surface area contributed by atoms with Crippen molar-refractivity contribution in [2.75, 3.05) is 0 Å². The summed E-state index contributed by atoms with van der Waals surface area (Å²) in [5, 5.41) is 11.2. The fourth-order valence-corrected chi connectivity index (χ4v) is 1.53. The molecule has 2 aromatic rings. The number of phenolic OH excluding ortho intramolecular Hbond substituents is 1. The predicted molar refractivity (Wildman–Crippen MR) is 60.5 cm³/mol. The molecule has 0 saturated carbocycles. The molecule has 0 bridgehead atoms. The Morgan fingerprint density at radius 3 is 2.33 bits per heavy atom. The molecule has 0 aliphatic carbocycles. The second-order valence-corrected chi connectivity index (χ2v) is 3.34. The van der Waals surface area contributed by atoms with E-state index >= 15 is 0 Å². The maximum Gasteiger partial charge on any atom is 0.174 e. The first-order chi connectivity index (χ1) is 7.31. The van der Waals surface area contributed by atoms with E-state index in [1.807, 2.05) is 42.5 Å². The molecule has 0 amide bonds. The van der Waals surface area contributed by atoms with Crippen molar-refractivity contribution >= 4 is 5.69 Å². The lowest BCUT2D eigenvalue weighted by molar-refractivity contribution is -0.505. The highest BCUT2D eigenvalue weighted by atomic mass is 16.3. The summed E-state index contributed by atoms with van der Waals surface area (Å²) in [7, 11) is 3.67. The van der Waals surface area contributed by atoms with Crippen LogP contribution in [-0.2, 0) is 0 Å². The molecular formula is C13H13NO. The minimum absolute atomic E-state index is 0.268. The van der Waals surface area contributed by atoms with Crippen LogP contribution in [0.3, 0.4) is 0 Å². The van der Waals surface area contributed by atoms with Crippen LogP contribution in [0.25, 0.3) is 11.1 Å². The third kappa shape index (κ3) is 2.00. The monoisotopic (exact) mass is 199 g/mol. The van der Waals surface area contributed by atoms with Gasteiger partial charge in [-0.3, -0.25) is 0 Å². The van der Waals surface area contributed by atoms with Crippen LogP contribution in [0, 0.1) is 7.05 Å². The van der Waals surface area contributed by atoms with Gasteiger partial charge in [-0.05, 0) is 17.2 Å². The average Bonchev–Trinajstić information content (AvgIpc) is 2.31. The van der Waals surface area contributed by atoms with Crippen LogP contribution < -0.4 is 5.32 Å². The number of quaternary nitrogens is 1. The van der Waals surface area contributed by atoms with Crippen LogP contribution in [0.4, 0.5) is 5.69 Å². The van der Waals surface area contributed by atoms with Crippen molar-refractivity contribution in [2.45, 2.75) is 0 Å². The third-order valence-electron chi connectivity index (χ3n) is 2.35. The summed E-state index contributed by atoms with van der Waals surface area (Å²) in [6, 6.07) is 15.6. The van der Waals surface area contributed by atoms with Crippen molar-refractivity contribution in [1.82, 2.24) is 0 Å². The molecule has 0 aliphatic rings. The van der Waals surface area contributed by atoms with E-state index in [0.29, 0.717) is 0 Å². The van der Waals surface area contributed by atoms with E-state index in [4.69, 9.17) is 0 Å². The molecular weight excluding hydrogens is 186 g/mol. The zero-order chi connectivity index (χ0) is 10.7. The maximum absolute atomic E-state index is 9.51. The predicted octanol–water partition coefficient (Wildman–Crippen LogP) is 2.05. The summed E-state index contributed by atoms with van der Waals surface area (Å²) in [4.78, 5) is 0. The zero-order valence-corrected chi connectivity index (χ0v) is 8.35. The van der Waals surface area contributed by atoms with Crippen LogP contribution in [0.15, 0.2) is 48.5 Å². The molecule has 0 aromatic heterocycles. The summed E-state index contributed by atoms with van der Waals surface area (Å²) < 4.78 is 0. The maximum atomic E-state index is 9.51. The lowest BCUT2D eigenvalue weighted by Crippen LogP contribution is -2.69. The fourth-order valence-electron chi connectivity index (χ4n) is 1.53. The Bertz CT molecular complexity index is 451. The van der Waals surface area contributed by atoms with Crippen LogP contribution in [0.1, 0.15) is 0 Å². The molecule has 0 heterocycles. The minimum atomic E-state index is 0.268. The van der Waals surface area contributed by atoms with Crippen molar-refractivity contribution in [3.63, 3.8) is 0 Å². The van der Waals surface area contributed by atoms with Crippen molar-refractivity contribution in [1.29, 1.82) is 0 Å². The van der Waals surface area contributed by atoms with Crippen molar-refractivity contribution in [3.8, 4) is 16.9 Å². The highest BCUT2D eigenvalue weighted by molar-refractivity contribution is 5.68. The molecule has 2 heteroatoms. The van der Waals surface area contributed by atoms with E-state index in [1.54, 1.807) is 11.4 Å². The average molecular weight is 199 g/mol. The number of hydrogen-bond donors (Lipinski definition) is 2. The molecule has 2 rings (SSSR count). The smallest absolute Gasteiger partial charge is 0.174 e. The largest absolute Gasteiger partial charge is 0.503 e. The van der Waals surface area contributed by atoms with Gasteiger partial charge in [0, 0.05) is 6.07 Å². The van der Waals surface area contributed by atoms with Gasteiger partial charge in [-0.2, -0.15) is 0 Å². The molecule has 0 atom stereocenters. The number of benzene rings is 2. The molecule has 15 heavy (non-hydrogen) atoms. The molecule has 0 aliphatic heterocycles. The quantitative estimate of drug-likeness (QED) is 0.433. The zero-order valence-electron chi connectivity index (χ0n) is 8.35. The van der Waals surface area contributed by atoms with Crippen molar-refractivity contribution in [2.24, 2.45) is 0 Å². The Kier molecular flexibility index (Phi) is 2.70. The van der Waals surface area contributed by atoms with Crippen LogP contribution in [0.5, 0.6) is 5.75 Å². The Morgan fingerprint density at radius 1 is 0.933 bits per heavy atom. The molecule has 0 unspecified atom stereocenters. The first kappa shape index (κ1) is 9.74. The van der Waals surface area contributed by atoms with Gasteiger partial charge in [0.15, 0.2) is 5.75 Å². The molecule has 0 spiro atoms. The van der Waals surface area contributed by atoms with Gasteiger partial charge in [-0.15, -0.1) is 7.05 Å². The molecule has 0 saturated heterocycles. The first-order valence-corrected chi connectivity index (χ1v) is 4.82. The Balaban J connectivity index is 2.46. The SMILES string of the molecule is [CH2-][NH2+]c1cc(-c2ccccc2)ccc1O. The van der Waals surface area contributed by atoms with Gasteiger partial charge in [-0.25, -0.2) is 0 Å². The summed E-state index contributed by atoms with van der Waals surface area (Å²) in [5.74, 6) is 0.268. The van der Waals surface area contributed by atoms with Crippen molar-refractivity contribution in [3.05, 3.63) is 55.6 Å². The fraction of sp³-hybridized carbons (Fsp3) is 0. The van der Waals surface area contributed by atoms with E-state index in [-0.39, 0.29) is 5.75 Å². The highest BCUT2D eigenvalue weighted by Gasteiger charge is 2.03. The van der Waals surface area contributed by atoms with Crippen LogP contribution in [0.2, 0.25) is 0 Å². The summed E-state index contributed by atoms with van der Waals surface area (Å²) in [5.41, 5.74) is 2.99. The molecule has 2 nitrogen and oxygen atoms in total. The highest BCUT2D eigenvalue weighted by Crippen LogP contribution is 2.26. The minimum Gasteiger partial charge on any atom is -0.503 e. The summed E-state index contributed by atoms with van der Waals surface area (Å²) in [6.45, 7) is 0. The van der Waals surface area contributed by atoms with Gasteiger partial charge in [0.25, 0.3) is 0 Å². The normalized spacial score (nSPS) is 10.2. The van der Waals surface area contributed by atoms with Gasteiger partial charge < -0.3 is 10.4 Å². The first-order valence-electron chi connectivity index (χ1n) is 4.82. The molecule has 3 N–H and O–H groups in total. The number of hydrogen-bond acceptors (Lipinski definition) is 1. The van der Waals surface area contributed by atoms with Gasteiger partial charge in [0.1, 0.15) is 5.69 Å². The third-order valence-corrected chi connectivity index (χ3v) is 2.35. The van der Waals surface area contributed by atoms with E-state index in [1.165, 1.54) is 0 Å².